The molecule has 2 nitrogen and oxygen atoms in total. The molecule has 2 aromatic carbocycles. The number of rotatable bonds is 5. The van der Waals surface area contributed by atoms with E-state index in [-0.39, 0.29) is 11.9 Å². The Balaban J connectivity index is 2.35. The monoisotopic (exact) mass is 307 g/mol. The molecule has 0 fully saturated rings. The van der Waals surface area contributed by atoms with Crippen LogP contribution in [0, 0.1) is 12.7 Å². The maximum atomic E-state index is 14.0. The molecular weight excluding hydrogens is 289 g/mol. The van der Waals surface area contributed by atoms with Crippen molar-refractivity contribution in [1.29, 1.82) is 0 Å². The molecule has 4 heteroatoms. The van der Waals surface area contributed by atoms with Crippen LogP contribution in [0.25, 0.3) is 0 Å². The summed E-state index contributed by atoms with van der Waals surface area (Å²) in [6, 6.07) is 11.7. The van der Waals surface area contributed by atoms with E-state index in [1.165, 1.54) is 6.07 Å². The fourth-order valence-electron chi connectivity index (χ4n) is 2.14. The molecule has 0 radical (unpaired) electrons. The maximum Gasteiger partial charge on any atom is 0.142 e. The fourth-order valence-corrected chi connectivity index (χ4v) is 2.42. The standard InChI is InChI=1S/C17H19ClFNO/c1-3-15(20)17(12-6-4-5-7-14(12)19)21-16-9-8-11(2)10-13(16)18/h4-10,15,17H,3,20H2,1-2H3. The van der Waals surface area contributed by atoms with E-state index in [0.717, 1.165) is 5.56 Å². The van der Waals surface area contributed by atoms with E-state index in [1.54, 1.807) is 24.3 Å². The maximum absolute atomic E-state index is 14.0. The Morgan fingerprint density at radius 1 is 1.24 bits per heavy atom. The summed E-state index contributed by atoms with van der Waals surface area (Å²) in [6.45, 7) is 3.89. The number of benzene rings is 2. The van der Waals surface area contributed by atoms with Crippen LogP contribution < -0.4 is 10.5 Å². The lowest BCUT2D eigenvalue weighted by Crippen LogP contribution is -2.32. The van der Waals surface area contributed by atoms with Crippen LogP contribution in [-0.2, 0) is 0 Å². The van der Waals surface area contributed by atoms with E-state index < -0.39 is 6.10 Å². The largest absolute Gasteiger partial charge is 0.482 e. The van der Waals surface area contributed by atoms with Gasteiger partial charge in [0.2, 0.25) is 0 Å². The zero-order chi connectivity index (χ0) is 15.4. The number of hydrogen-bond donors (Lipinski definition) is 1. The lowest BCUT2D eigenvalue weighted by molar-refractivity contribution is 0.166. The Morgan fingerprint density at radius 3 is 2.57 bits per heavy atom. The van der Waals surface area contributed by atoms with Crippen LogP contribution in [0.15, 0.2) is 42.5 Å². The molecule has 0 aliphatic carbocycles. The van der Waals surface area contributed by atoms with Crippen LogP contribution in [0.5, 0.6) is 5.75 Å². The van der Waals surface area contributed by atoms with E-state index in [9.17, 15) is 4.39 Å². The highest BCUT2D eigenvalue weighted by Gasteiger charge is 2.24. The Labute approximate surface area is 129 Å². The first-order chi connectivity index (χ1) is 10.0. The van der Waals surface area contributed by atoms with Gasteiger partial charge in [0.15, 0.2) is 0 Å². The second kappa shape index (κ2) is 6.92. The minimum absolute atomic E-state index is 0.320. The number of nitrogens with two attached hydrogens (primary N) is 1. The highest BCUT2D eigenvalue weighted by molar-refractivity contribution is 6.32. The molecule has 0 aliphatic heterocycles. The van der Waals surface area contributed by atoms with Crippen LogP contribution >= 0.6 is 11.6 Å². The fraction of sp³-hybridized carbons (Fsp3) is 0.294. The van der Waals surface area contributed by atoms with Crippen molar-refractivity contribution in [2.75, 3.05) is 0 Å². The van der Waals surface area contributed by atoms with E-state index in [2.05, 4.69) is 0 Å². The summed E-state index contributed by atoms with van der Waals surface area (Å²) in [5, 5.41) is 0.500. The van der Waals surface area contributed by atoms with Crippen molar-refractivity contribution in [3.63, 3.8) is 0 Å². The number of hydrogen-bond acceptors (Lipinski definition) is 2. The molecule has 0 amide bonds. The Bertz CT molecular complexity index is 617. The Kier molecular flexibility index (Phi) is 5.21. The molecule has 0 spiro atoms. The zero-order valence-corrected chi connectivity index (χ0v) is 12.9. The normalized spacial score (nSPS) is 13.8. The van der Waals surface area contributed by atoms with Gasteiger partial charge in [0.1, 0.15) is 17.7 Å². The summed E-state index contributed by atoms with van der Waals surface area (Å²) in [4.78, 5) is 0. The highest BCUT2D eigenvalue weighted by atomic mass is 35.5. The first-order valence-electron chi connectivity index (χ1n) is 6.95. The molecule has 2 unspecified atom stereocenters. The quantitative estimate of drug-likeness (QED) is 0.873. The Morgan fingerprint density at radius 2 is 1.95 bits per heavy atom. The third kappa shape index (κ3) is 3.74. The second-order valence-electron chi connectivity index (χ2n) is 5.07. The van der Waals surface area contributed by atoms with E-state index in [1.807, 2.05) is 26.0 Å². The molecule has 0 heterocycles. The van der Waals surface area contributed by atoms with E-state index >= 15 is 0 Å². The third-order valence-electron chi connectivity index (χ3n) is 3.41. The van der Waals surface area contributed by atoms with Gasteiger partial charge in [0, 0.05) is 11.6 Å². The van der Waals surface area contributed by atoms with Gasteiger partial charge in [0.05, 0.1) is 5.02 Å². The highest BCUT2D eigenvalue weighted by Crippen LogP contribution is 2.32. The molecule has 21 heavy (non-hydrogen) atoms. The van der Waals surface area contributed by atoms with Crippen molar-refractivity contribution >= 4 is 11.6 Å². The predicted octanol–water partition coefficient (Wildman–Crippen LogP) is 4.64. The number of aryl methyl sites for hydroxylation is 1. The van der Waals surface area contributed by atoms with Crippen molar-refractivity contribution < 1.29 is 9.13 Å². The Hall–Kier alpha value is -1.58. The van der Waals surface area contributed by atoms with Gasteiger partial charge >= 0.3 is 0 Å². The molecule has 0 saturated heterocycles. The molecule has 2 aromatic rings. The first-order valence-corrected chi connectivity index (χ1v) is 7.33. The smallest absolute Gasteiger partial charge is 0.142 e. The summed E-state index contributed by atoms with van der Waals surface area (Å²) >= 11 is 6.19. The van der Waals surface area contributed by atoms with E-state index in [0.29, 0.717) is 22.8 Å². The van der Waals surface area contributed by atoms with Crippen LogP contribution in [0.1, 0.15) is 30.6 Å². The minimum Gasteiger partial charge on any atom is -0.482 e. The summed E-state index contributed by atoms with van der Waals surface area (Å²) in [7, 11) is 0. The van der Waals surface area contributed by atoms with Crippen LogP contribution in [-0.4, -0.2) is 6.04 Å². The van der Waals surface area contributed by atoms with Gasteiger partial charge in [-0.3, -0.25) is 0 Å². The molecule has 0 bridgehead atoms. The van der Waals surface area contributed by atoms with Crippen molar-refractivity contribution in [3.8, 4) is 5.75 Å². The van der Waals surface area contributed by atoms with Gasteiger partial charge in [-0.25, -0.2) is 4.39 Å². The predicted molar refractivity (Wildman–Crippen MR) is 84.2 cm³/mol. The molecule has 2 rings (SSSR count). The molecular formula is C17H19ClFNO. The van der Waals surface area contributed by atoms with Gasteiger partial charge in [-0.05, 0) is 37.1 Å². The average Bonchev–Trinajstić information content (AvgIpc) is 2.47. The van der Waals surface area contributed by atoms with Crippen molar-refractivity contribution in [3.05, 3.63) is 64.4 Å². The molecule has 0 aromatic heterocycles. The average molecular weight is 308 g/mol. The lowest BCUT2D eigenvalue weighted by atomic mass is 10.00. The molecule has 2 N–H and O–H groups in total. The first kappa shape index (κ1) is 15.8. The number of ether oxygens (including phenoxy) is 1. The molecule has 0 saturated carbocycles. The molecule has 0 aliphatic rings. The summed E-state index contributed by atoms with van der Waals surface area (Å²) < 4.78 is 20.0. The van der Waals surface area contributed by atoms with Gasteiger partial charge in [0.25, 0.3) is 0 Å². The second-order valence-corrected chi connectivity index (χ2v) is 5.47. The lowest BCUT2D eigenvalue weighted by Gasteiger charge is -2.25. The van der Waals surface area contributed by atoms with Crippen LogP contribution in [0.3, 0.4) is 0 Å². The van der Waals surface area contributed by atoms with Crippen molar-refractivity contribution in [1.82, 2.24) is 0 Å². The number of halogens is 2. The zero-order valence-electron chi connectivity index (χ0n) is 12.1. The van der Waals surface area contributed by atoms with Gasteiger partial charge < -0.3 is 10.5 Å². The van der Waals surface area contributed by atoms with Crippen LogP contribution in [0.2, 0.25) is 5.02 Å². The van der Waals surface area contributed by atoms with Gasteiger partial charge in [-0.15, -0.1) is 0 Å². The minimum atomic E-state index is -0.573. The summed E-state index contributed by atoms with van der Waals surface area (Å²) in [5.74, 6) is 0.189. The van der Waals surface area contributed by atoms with Crippen molar-refractivity contribution in [2.24, 2.45) is 5.73 Å². The summed E-state index contributed by atoms with van der Waals surface area (Å²) in [6.07, 6.45) is 0.0964. The van der Waals surface area contributed by atoms with Crippen molar-refractivity contribution in [2.45, 2.75) is 32.4 Å². The summed E-state index contributed by atoms with van der Waals surface area (Å²) in [5.41, 5.74) is 7.60. The third-order valence-corrected chi connectivity index (χ3v) is 3.71. The molecule has 2 atom stereocenters. The van der Waals surface area contributed by atoms with Crippen LogP contribution in [0.4, 0.5) is 4.39 Å². The molecule has 112 valence electrons. The SMILES string of the molecule is CCC(N)C(Oc1ccc(C)cc1Cl)c1ccccc1F. The van der Waals surface area contributed by atoms with E-state index in [4.69, 9.17) is 22.1 Å². The topological polar surface area (TPSA) is 35.2 Å². The van der Waals surface area contributed by atoms with Gasteiger partial charge in [-0.2, -0.15) is 0 Å². The van der Waals surface area contributed by atoms with Gasteiger partial charge in [-0.1, -0.05) is 42.8 Å².